The minimum absolute atomic E-state index is 0. The number of ether oxygens (including phenoxy) is 2. The van der Waals surface area contributed by atoms with Crippen LogP contribution in [0.15, 0.2) is 146 Å². The number of hydrogen-bond acceptors (Lipinski definition) is 6. The van der Waals surface area contributed by atoms with Crippen LogP contribution < -0.4 is 19.7 Å². The summed E-state index contributed by atoms with van der Waals surface area (Å²) in [7, 11) is 0. The second-order valence-corrected chi connectivity index (χ2v) is 14.3. The molecule has 0 radical (unpaired) electrons. The predicted molar refractivity (Wildman–Crippen MR) is 240 cm³/mol. The first-order chi connectivity index (χ1) is 30.5. The van der Waals surface area contributed by atoms with E-state index in [1.165, 1.54) is 24.3 Å². The van der Waals surface area contributed by atoms with Crippen LogP contribution in [0.25, 0.3) is 22.3 Å². The van der Waals surface area contributed by atoms with Crippen LogP contribution in [0.2, 0.25) is 0 Å². The van der Waals surface area contributed by atoms with Crippen molar-refractivity contribution in [3.63, 3.8) is 0 Å². The van der Waals surface area contributed by atoms with Crippen LogP contribution in [0.3, 0.4) is 0 Å². The van der Waals surface area contributed by atoms with E-state index in [9.17, 15) is 46.1 Å². The number of rotatable bonds is 14. The van der Waals surface area contributed by atoms with Gasteiger partial charge in [-0.2, -0.15) is 26.3 Å². The van der Waals surface area contributed by atoms with Crippen LogP contribution in [0.1, 0.15) is 71.9 Å². The Hall–Kier alpha value is -6.26. The van der Waals surface area contributed by atoms with Gasteiger partial charge in [0.05, 0.1) is 23.0 Å². The Morgan fingerprint density at radius 3 is 1.12 bits per heavy atom. The fourth-order valence-corrected chi connectivity index (χ4v) is 6.50. The quantitative estimate of drug-likeness (QED) is 0.0606. The van der Waals surface area contributed by atoms with E-state index < -0.39 is 47.3 Å². The van der Waals surface area contributed by atoms with Crippen molar-refractivity contribution in [2.24, 2.45) is 0 Å². The zero-order chi connectivity index (χ0) is 46.3. The van der Waals surface area contributed by atoms with E-state index in [4.69, 9.17) is 9.47 Å². The zero-order valence-corrected chi connectivity index (χ0v) is 38.5. The number of alkyl halides is 6. The summed E-state index contributed by atoms with van der Waals surface area (Å²) in [6, 6.07) is 38.9. The average Bonchev–Trinajstić information content (AvgIpc) is 3.27. The van der Waals surface area contributed by atoms with Crippen LogP contribution in [0.5, 0.6) is 11.5 Å². The van der Waals surface area contributed by atoms with Crippen molar-refractivity contribution in [3.05, 3.63) is 179 Å². The minimum atomic E-state index is -4.36. The molecule has 0 aliphatic carbocycles. The fraction of sp³-hybridized carbons (Fsp3) is 0.192. The molecule has 0 aromatic heterocycles. The van der Waals surface area contributed by atoms with E-state index in [0.717, 1.165) is 57.6 Å². The smallest absolute Gasteiger partial charge is 0.550 e. The monoisotopic (exact) mass is 950 g/mol. The average molecular weight is 951 g/mol. The van der Waals surface area contributed by atoms with Gasteiger partial charge in [0.25, 0.3) is 0 Å². The fourth-order valence-electron chi connectivity index (χ4n) is 6.50. The van der Waals surface area contributed by atoms with Gasteiger partial charge in [-0.05, 0) is 119 Å². The van der Waals surface area contributed by atoms with Crippen LogP contribution in [-0.4, -0.2) is 60.6 Å². The maximum atomic E-state index is 12.8. The van der Waals surface area contributed by atoms with Crippen molar-refractivity contribution < 1.29 is 66.6 Å². The first-order valence-corrected chi connectivity index (χ1v) is 19.7. The van der Waals surface area contributed by atoms with Gasteiger partial charge in [-0.3, -0.25) is 0 Å². The summed E-state index contributed by atoms with van der Waals surface area (Å²) >= 11 is 0. The molecule has 67 heavy (non-hydrogen) atoms. The Bertz CT molecular complexity index is 2440. The van der Waals surface area contributed by atoms with Crippen LogP contribution in [0, 0.1) is 23.7 Å². The third kappa shape index (κ3) is 17.8. The van der Waals surface area contributed by atoms with Gasteiger partial charge < -0.3 is 40.2 Å². The molecule has 0 heterocycles. The van der Waals surface area contributed by atoms with Crippen LogP contribution in [0.4, 0.5) is 26.3 Å². The summed E-state index contributed by atoms with van der Waals surface area (Å²) in [4.78, 5) is 21.8. The van der Waals surface area contributed by atoms with E-state index in [-0.39, 0.29) is 74.7 Å². The van der Waals surface area contributed by atoms with Crippen molar-refractivity contribution in [2.45, 2.75) is 64.1 Å². The Morgan fingerprint density at radius 1 is 0.507 bits per heavy atom. The molecule has 0 bridgehead atoms. The van der Waals surface area contributed by atoms with Crippen molar-refractivity contribution in [1.82, 2.24) is 0 Å². The molecule has 0 amide bonds. The summed E-state index contributed by atoms with van der Waals surface area (Å²) in [5, 5.41) is 21.8. The van der Waals surface area contributed by atoms with E-state index in [2.05, 4.69) is 23.7 Å². The maximum absolute atomic E-state index is 12.8. The molecular weight excluding hydrogens is 907 g/mol. The number of benzene rings is 6. The standard InChI is InChI=1S/2C26H21F3O3.Ca.2H2O/c2*1-2-4-21(16-25(30)31)20-9-13-24(14-10-20)32-17-18-5-3-6-22(15-18)19-7-11-23(12-8-19)26(27,28)29;;;/h2*3,5-15,21H,16-17H2,1H3,(H,30,31);;2*1H2/q;;+2;;/p-2. The first kappa shape index (κ1) is 56.9. The number of carboxylic acids is 2. The van der Waals surface area contributed by atoms with Gasteiger partial charge in [-0.15, -0.1) is 11.8 Å². The number of carboxylic acid groups (broad SMARTS) is 2. The Kier molecular flexibility index (Phi) is 22.7. The molecule has 344 valence electrons. The molecule has 2 unspecified atom stereocenters. The van der Waals surface area contributed by atoms with Gasteiger partial charge in [0.2, 0.25) is 0 Å². The molecule has 0 fully saturated rings. The van der Waals surface area contributed by atoms with E-state index >= 15 is 0 Å². The number of hydrogen-bond donors (Lipinski definition) is 0. The number of halogens is 6. The Labute approximate surface area is 414 Å². The van der Waals surface area contributed by atoms with Crippen LogP contribution >= 0.6 is 0 Å². The predicted octanol–water partition coefficient (Wildman–Crippen LogP) is 8.37. The topological polar surface area (TPSA) is 162 Å². The third-order valence-electron chi connectivity index (χ3n) is 9.70. The molecule has 6 rings (SSSR count). The van der Waals surface area contributed by atoms with E-state index in [1.54, 1.807) is 62.4 Å². The summed E-state index contributed by atoms with van der Waals surface area (Å²) in [5.74, 6) is 9.19. The first-order valence-electron chi connectivity index (χ1n) is 19.7. The van der Waals surface area contributed by atoms with Crippen LogP contribution in [-0.2, 0) is 35.2 Å². The molecule has 6 aromatic rings. The summed E-state index contributed by atoms with van der Waals surface area (Å²) in [6.07, 6.45) is -9.09. The van der Waals surface area contributed by atoms with Gasteiger partial charge in [-0.25, -0.2) is 0 Å². The van der Waals surface area contributed by atoms with E-state index in [1.807, 2.05) is 48.5 Å². The summed E-state index contributed by atoms with van der Waals surface area (Å²) in [6.45, 7) is 3.84. The number of carbonyl (C=O) groups is 2. The van der Waals surface area contributed by atoms with Crippen molar-refractivity contribution in [2.75, 3.05) is 0 Å². The molecule has 15 heteroatoms. The van der Waals surface area contributed by atoms with Gasteiger partial charge >= 0.3 is 50.1 Å². The van der Waals surface area contributed by atoms with Gasteiger partial charge in [0.1, 0.15) is 24.7 Å². The molecule has 2 atom stereocenters. The van der Waals surface area contributed by atoms with Crippen molar-refractivity contribution >= 4 is 49.7 Å². The normalized spacial score (nSPS) is 11.3. The maximum Gasteiger partial charge on any atom is 2.00 e. The van der Waals surface area contributed by atoms with Gasteiger partial charge in [0, 0.05) is 24.8 Å². The van der Waals surface area contributed by atoms with Gasteiger partial charge in [-0.1, -0.05) is 96.8 Å². The molecule has 4 N–H and O–H groups in total. The summed E-state index contributed by atoms with van der Waals surface area (Å²) in [5.41, 5.74) is 4.82. The SMILES string of the molecule is CC#CC(CC(=O)[O-])c1ccc(OCc2cccc(-c3ccc(C(F)(F)F)cc3)c2)cc1.CC#CC(CC(=O)[O-])c1ccc(OCc2cccc(-c3ccc(C(F)(F)F)cc3)c2)cc1.O.O.[Ca+2]. The van der Waals surface area contributed by atoms with Crippen molar-refractivity contribution in [1.29, 1.82) is 0 Å². The summed E-state index contributed by atoms with van der Waals surface area (Å²) < 4.78 is 88.2. The molecule has 8 nitrogen and oxygen atoms in total. The molecule has 0 aliphatic rings. The largest absolute Gasteiger partial charge is 2.00 e. The molecule has 0 spiro atoms. The third-order valence-corrected chi connectivity index (χ3v) is 9.70. The number of carbonyl (C=O) groups excluding carboxylic acids is 2. The minimum Gasteiger partial charge on any atom is -0.550 e. The molecule has 0 saturated carbocycles. The molecule has 6 aromatic carbocycles. The Balaban J connectivity index is 0.000000440. The second-order valence-electron chi connectivity index (χ2n) is 14.3. The molecular formula is C52H44CaF6O8. The second kappa shape index (κ2) is 26.8. The number of aliphatic carboxylic acids is 2. The van der Waals surface area contributed by atoms with Gasteiger partial charge in [0.15, 0.2) is 0 Å². The van der Waals surface area contributed by atoms with E-state index in [0.29, 0.717) is 22.6 Å². The molecule has 0 saturated heterocycles. The van der Waals surface area contributed by atoms with Crippen molar-refractivity contribution in [3.8, 4) is 57.4 Å². The zero-order valence-electron chi connectivity index (χ0n) is 36.3. The Morgan fingerprint density at radius 2 is 0.836 bits per heavy atom. The molecule has 0 aliphatic heterocycles.